The Balaban J connectivity index is 1.35. The summed E-state index contributed by atoms with van der Waals surface area (Å²) in [6.45, 7) is 0.136. The first-order chi connectivity index (χ1) is 14.7. The molecule has 30 heavy (non-hydrogen) atoms. The predicted molar refractivity (Wildman–Crippen MR) is 110 cm³/mol. The second-order valence-electron chi connectivity index (χ2n) is 6.49. The van der Waals surface area contributed by atoms with Gasteiger partial charge in [0.15, 0.2) is 11.5 Å². The molecule has 4 rings (SSSR count). The summed E-state index contributed by atoms with van der Waals surface area (Å²) >= 11 is 0. The van der Waals surface area contributed by atoms with Crippen LogP contribution in [0.3, 0.4) is 0 Å². The second kappa shape index (κ2) is 8.91. The van der Waals surface area contributed by atoms with Crippen LogP contribution in [0.2, 0.25) is 0 Å². The fourth-order valence-electron chi connectivity index (χ4n) is 2.85. The van der Waals surface area contributed by atoms with Gasteiger partial charge >= 0.3 is 5.97 Å². The Morgan fingerprint density at radius 3 is 2.67 bits per heavy atom. The third-order valence-electron chi connectivity index (χ3n) is 4.29. The number of hydrogen-bond acceptors (Lipinski definition) is 6. The van der Waals surface area contributed by atoms with Crippen molar-refractivity contribution in [3.63, 3.8) is 0 Å². The number of ether oxygens (including phenoxy) is 3. The Kier molecular flexibility index (Phi) is 5.70. The average Bonchev–Trinajstić information content (AvgIpc) is 3.22. The number of amides is 1. The molecule has 0 atom stereocenters. The Morgan fingerprint density at radius 2 is 1.80 bits per heavy atom. The number of esters is 1. The van der Waals surface area contributed by atoms with Crippen LogP contribution in [0.1, 0.15) is 21.5 Å². The van der Waals surface area contributed by atoms with Crippen LogP contribution in [0.4, 0.5) is 0 Å². The lowest BCUT2D eigenvalue weighted by Gasteiger charge is -2.06. The summed E-state index contributed by atoms with van der Waals surface area (Å²) in [6.07, 6.45) is 1.73. The van der Waals surface area contributed by atoms with Crippen molar-refractivity contribution in [2.45, 2.75) is 6.42 Å². The standard InChI is InChI=1S/C23H18N2O5/c26-22(12-16-5-2-1-3-6-16)25-24-14-17-7-4-8-19(11-17)30-23(27)18-9-10-20-21(13-18)29-15-28-20/h1-11,13-14H,12,15H2,(H,25,26)/b24-14-. The zero-order valence-electron chi connectivity index (χ0n) is 15.9. The van der Waals surface area contributed by atoms with E-state index in [4.69, 9.17) is 14.2 Å². The van der Waals surface area contributed by atoms with Gasteiger partial charge < -0.3 is 14.2 Å². The molecule has 1 aliphatic rings. The Morgan fingerprint density at radius 1 is 0.967 bits per heavy atom. The minimum absolute atomic E-state index is 0.136. The van der Waals surface area contributed by atoms with Gasteiger partial charge in [0.05, 0.1) is 18.2 Å². The normalized spacial score (nSPS) is 12.0. The molecular formula is C23H18N2O5. The Bertz CT molecular complexity index is 1100. The molecule has 0 fully saturated rings. The second-order valence-corrected chi connectivity index (χ2v) is 6.49. The summed E-state index contributed by atoms with van der Waals surface area (Å²) in [6, 6.07) is 21.1. The largest absolute Gasteiger partial charge is 0.454 e. The van der Waals surface area contributed by atoms with E-state index in [1.165, 1.54) is 6.21 Å². The smallest absolute Gasteiger partial charge is 0.343 e. The van der Waals surface area contributed by atoms with Crippen molar-refractivity contribution >= 4 is 18.1 Å². The van der Waals surface area contributed by atoms with E-state index >= 15 is 0 Å². The summed E-state index contributed by atoms with van der Waals surface area (Å²) in [4.78, 5) is 24.3. The van der Waals surface area contributed by atoms with Gasteiger partial charge in [0.1, 0.15) is 5.75 Å². The number of carbonyl (C=O) groups excluding carboxylic acids is 2. The van der Waals surface area contributed by atoms with Crippen molar-refractivity contribution in [2.75, 3.05) is 6.79 Å². The molecule has 0 aliphatic carbocycles. The third-order valence-corrected chi connectivity index (χ3v) is 4.29. The van der Waals surface area contributed by atoms with E-state index in [9.17, 15) is 9.59 Å². The fraction of sp³-hybridized carbons (Fsp3) is 0.0870. The Labute approximate surface area is 172 Å². The molecule has 0 unspecified atom stereocenters. The van der Waals surface area contributed by atoms with Crippen LogP contribution in [0.15, 0.2) is 77.9 Å². The molecule has 3 aromatic rings. The molecule has 1 heterocycles. The van der Waals surface area contributed by atoms with Crippen LogP contribution in [-0.2, 0) is 11.2 Å². The fourth-order valence-corrected chi connectivity index (χ4v) is 2.85. The molecule has 1 amide bonds. The minimum Gasteiger partial charge on any atom is -0.454 e. The maximum Gasteiger partial charge on any atom is 0.343 e. The Hall–Kier alpha value is -4.13. The molecule has 0 saturated heterocycles. The van der Waals surface area contributed by atoms with Crippen molar-refractivity contribution < 1.29 is 23.8 Å². The van der Waals surface area contributed by atoms with Crippen LogP contribution in [-0.4, -0.2) is 24.9 Å². The van der Waals surface area contributed by atoms with Crippen molar-refractivity contribution in [1.29, 1.82) is 0 Å². The minimum atomic E-state index is -0.515. The summed E-state index contributed by atoms with van der Waals surface area (Å²) in [5, 5.41) is 3.96. The van der Waals surface area contributed by atoms with E-state index in [1.807, 2.05) is 30.3 Å². The van der Waals surface area contributed by atoms with Gasteiger partial charge in [-0.25, -0.2) is 10.2 Å². The quantitative estimate of drug-likeness (QED) is 0.296. The molecule has 3 aromatic carbocycles. The van der Waals surface area contributed by atoms with Gasteiger partial charge in [0, 0.05) is 0 Å². The predicted octanol–water partition coefficient (Wildman–Crippen LogP) is 3.33. The highest BCUT2D eigenvalue weighted by Crippen LogP contribution is 2.32. The average molecular weight is 402 g/mol. The SMILES string of the molecule is O=C(Cc1ccccc1)N/N=C\c1cccc(OC(=O)c2ccc3c(c2)OCO3)c1. The molecule has 7 heteroatoms. The van der Waals surface area contributed by atoms with E-state index < -0.39 is 5.97 Å². The van der Waals surface area contributed by atoms with Crippen LogP contribution in [0, 0.1) is 0 Å². The lowest BCUT2D eigenvalue weighted by atomic mass is 10.1. The molecule has 0 aromatic heterocycles. The number of fused-ring (bicyclic) bond motifs is 1. The molecular weight excluding hydrogens is 384 g/mol. The summed E-state index contributed by atoms with van der Waals surface area (Å²) < 4.78 is 15.9. The number of hydrogen-bond donors (Lipinski definition) is 1. The highest BCUT2D eigenvalue weighted by Gasteiger charge is 2.17. The first-order valence-corrected chi connectivity index (χ1v) is 9.25. The molecule has 1 N–H and O–H groups in total. The van der Waals surface area contributed by atoms with Gasteiger partial charge in [-0.1, -0.05) is 42.5 Å². The molecule has 0 spiro atoms. The summed E-state index contributed by atoms with van der Waals surface area (Å²) in [5.41, 5.74) is 4.42. The first-order valence-electron chi connectivity index (χ1n) is 9.25. The van der Waals surface area contributed by atoms with Crippen LogP contribution in [0.25, 0.3) is 0 Å². The topological polar surface area (TPSA) is 86.2 Å². The van der Waals surface area contributed by atoms with Gasteiger partial charge in [-0.05, 0) is 41.5 Å². The highest BCUT2D eigenvalue weighted by atomic mass is 16.7. The number of hydrazone groups is 1. The summed E-state index contributed by atoms with van der Waals surface area (Å²) in [7, 11) is 0. The number of nitrogens with zero attached hydrogens (tertiary/aromatic N) is 1. The third kappa shape index (κ3) is 4.82. The maximum atomic E-state index is 12.4. The molecule has 0 saturated carbocycles. The number of nitrogens with one attached hydrogen (secondary N) is 1. The monoisotopic (exact) mass is 402 g/mol. The lowest BCUT2D eigenvalue weighted by Crippen LogP contribution is -2.19. The van der Waals surface area contributed by atoms with Crippen molar-refractivity contribution in [2.24, 2.45) is 5.10 Å². The van der Waals surface area contributed by atoms with Crippen molar-refractivity contribution in [3.8, 4) is 17.2 Å². The van der Waals surface area contributed by atoms with Gasteiger partial charge in [0.2, 0.25) is 12.7 Å². The van der Waals surface area contributed by atoms with Crippen LogP contribution in [0.5, 0.6) is 17.2 Å². The van der Waals surface area contributed by atoms with E-state index in [0.29, 0.717) is 28.4 Å². The van der Waals surface area contributed by atoms with E-state index in [-0.39, 0.29) is 19.1 Å². The van der Waals surface area contributed by atoms with E-state index in [1.54, 1.807) is 42.5 Å². The first kappa shape index (κ1) is 19.2. The van der Waals surface area contributed by atoms with Gasteiger partial charge in [-0.3, -0.25) is 4.79 Å². The van der Waals surface area contributed by atoms with E-state index in [2.05, 4.69) is 10.5 Å². The van der Waals surface area contributed by atoms with E-state index in [0.717, 1.165) is 5.56 Å². The number of carbonyl (C=O) groups is 2. The van der Waals surface area contributed by atoms with Gasteiger partial charge in [-0.2, -0.15) is 5.10 Å². The van der Waals surface area contributed by atoms with Gasteiger partial charge in [0.25, 0.3) is 0 Å². The maximum absolute atomic E-state index is 12.4. The molecule has 150 valence electrons. The number of rotatable bonds is 6. The van der Waals surface area contributed by atoms with Crippen LogP contribution >= 0.6 is 0 Å². The highest BCUT2D eigenvalue weighted by molar-refractivity contribution is 5.92. The lowest BCUT2D eigenvalue weighted by molar-refractivity contribution is -0.120. The molecule has 7 nitrogen and oxygen atoms in total. The molecule has 0 bridgehead atoms. The molecule has 0 radical (unpaired) electrons. The van der Waals surface area contributed by atoms with Crippen molar-refractivity contribution in [1.82, 2.24) is 5.43 Å². The van der Waals surface area contributed by atoms with Gasteiger partial charge in [-0.15, -0.1) is 0 Å². The number of benzene rings is 3. The summed E-state index contributed by atoms with van der Waals surface area (Å²) in [5.74, 6) is 0.731. The molecule has 1 aliphatic heterocycles. The van der Waals surface area contributed by atoms with Crippen LogP contribution < -0.4 is 19.6 Å². The zero-order chi connectivity index (χ0) is 20.8. The zero-order valence-corrected chi connectivity index (χ0v) is 15.9. The van der Waals surface area contributed by atoms with Crippen molar-refractivity contribution in [3.05, 3.63) is 89.5 Å².